The van der Waals surface area contributed by atoms with Gasteiger partial charge in [-0.2, -0.15) is 0 Å². The molecule has 0 bridgehead atoms. The van der Waals surface area contributed by atoms with Crippen LogP contribution in [0.5, 0.6) is 0 Å². The predicted molar refractivity (Wildman–Crippen MR) is 70.9 cm³/mol. The summed E-state index contributed by atoms with van der Waals surface area (Å²) in [6, 6.07) is 5.27. The first-order chi connectivity index (χ1) is 8.95. The van der Waals surface area contributed by atoms with E-state index in [1.54, 1.807) is 12.1 Å². The minimum Gasteiger partial charge on any atom is -0.272 e. The Morgan fingerprint density at radius 2 is 1.89 bits per heavy atom. The van der Waals surface area contributed by atoms with E-state index in [0.29, 0.717) is 6.61 Å². The number of carbonyl (C=O) groups excluding carboxylic acids is 1. The number of benzene rings is 1. The molecule has 1 aromatic carbocycles. The van der Waals surface area contributed by atoms with Crippen molar-refractivity contribution in [1.29, 1.82) is 0 Å². The number of rotatable bonds is 6. The number of hydrogen-bond acceptors (Lipinski definition) is 4. The largest absolute Gasteiger partial charge is 0.352 e. The van der Waals surface area contributed by atoms with E-state index in [-0.39, 0.29) is 4.90 Å². The number of urea groups is 1. The molecular formula is C12H18N2O4S. The molecule has 0 heterocycles. The maximum atomic E-state index is 11.8. The van der Waals surface area contributed by atoms with Crippen LogP contribution in [-0.2, 0) is 14.9 Å². The van der Waals surface area contributed by atoms with Crippen molar-refractivity contribution in [2.75, 3.05) is 6.61 Å². The van der Waals surface area contributed by atoms with Gasteiger partial charge in [0, 0.05) is 0 Å². The zero-order valence-electron chi connectivity index (χ0n) is 11.0. The van der Waals surface area contributed by atoms with Gasteiger partial charge in [-0.15, -0.1) is 0 Å². The molecule has 7 heteroatoms. The van der Waals surface area contributed by atoms with Crippen LogP contribution >= 0.6 is 0 Å². The summed E-state index contributed by atoms with van der Waals surface area (Å²) < 4.78 is 25.5. The fourth-order valence-corrected chi connectivity index (χ4v) is 2.15. The molecular weight excluding hydrogens is 268 g/mol. The Bertz CT molecular complexity index is 511. The standard InChI is InChI=1S/C12H18N2O4S/c1-3-4-9-18-13-12(15)14-19(16,17)11-7-5-10(2)6-8-11/h5-8H,3-4,9H2,1-2H3,(H2,13,14,15). The molecule has 0 aromatic heterocycles. The molecule has 0 aliphatic heterocycles. The van der Waals surface area contributed by atoms with Gasteiger partial charge in [0.1, 0.15) is 0 Å². The monoisotopic (exact) mass is 286 g/mol. The predicted octanol–water partition coefficient (Wildman–Crippen LogP) is 1.71. The van der Waals surface area contributed by atoms with Crippen LogP contribution in [0.1, 0.15) is 25.3 Å². The summed E-state index contributed by atoms with van der Waals surface area (Å²) in [5.41, 5.74) is 2.96. The number of aryl methyl sites for hydroxylation is 1. The number of carbonyl (C=O) groups is 1. The summed E-state index contributed by atoms with van der Waals surface area (Å²) in [6.07, 6.45) is 1.70. The lowest BCUT2D eigenvalue weighted by Crippen LogP contribution is -2.39. The highest BCUT2D eigenvalue weighted by Crippen LogP contribution is 2.09. The second kappa shape index (κ2) is 7.10. The molecule has 0 aliphatic carbocycles. The first-order valence-electron chi connectivity index (χ1n) is 5.97. The van der Waals surface area contributed by atoms with Gasteiger partial charge in [-0.25, -0.2) is 23.4 Å². The molecule has 0 fully saturated rings. The number of unbranched alkanes of at least 4 members (excludes halogenated alkanes) is 1. The highest BCUT2D eigenvalue weighted by Gasteiger charge is 2.17. The summed E-state index contributed by atoms with van der Waals surface area (Å²) >= 11 is 0. The van der Waals surface area contributed by atoms with Crippen molar-refractivity contribution in [3.8, 4) is 0 Å². The van der Waals surface area contributed by atoms with Crippen LogP contribution in [0.25, 0.3) is 0 Å². The lowest BCUT2D eigenvalue weighted by atomic mass is 10.2. The first kappa shape index (κ1) is 15.5. The van der Waals surface area contributed by atoms with Crippen molar-refractivity contribution >= 4 is 16.1 Å². The Balaban J connectivity index is 2.55. The average molecular weight is 286 g/mol. The third-order valence-electron chi connectivity index (χ3n) is 2.32. The molecule has 1 aromatic rings. The third-order valence-corrected chi connectivity index (χ3v) is 3.67. The van der Waals surface area contributed by atoms with E-state index in [1.165, 1.54) is 12.1 Å². The number of amides is 2. The summed E-state index contributed by atoms with van der Waals surface area (Å²) in [4.78, 5) is 16.2. The molecule has 106 valence electrons. The molecule has 0 unspecified atom stereocenters. The van der Waals surface area contributed by atoms with Crippen LogP contribution in [-0.4, -0.2) is 21.1 Å². The van der Waals surface area contributed by atoms with Crippen LogP contribution in [0.4, 0.5) is 4.79 Å². The van der Waals surface area contributed by atoms with Gasteiger partial charge in [-0.1, -0.05) is 31.0 Å². The van der Waals surface area contributed by atoms with Crippen LogP contribution in [0.3, 0.4) is 0 Å². The van der Waals surface area contributed by atoms with Crippen molar-refractivity contribution in [3.05, 3.63) is 29.8 Å². The minimum absolute atomic E-state index is 0.0295. The lowest BCUT2D eigenvalue weighted by molar-refractivity contribution is 0.0612. The van der Waals surface area contributed by atoms with Gasteiger partial charge in [-0.3, -0.25) is 4.84 Å². The fourth-order valence-electron chi connectivity index (χ4n) is 1.25. The summed E-state index contributed by atoms with van der Waals surface area (Å²) in [5, 5.41) is 0. The highest BCUT2D eigenvalue weighted by molar-refractivity contribution is 7.90. The molecule has 0 spiro atoms. The zero-order chi connectivity index (χ0) is 14.3. The number of hydroxylamine groups is 1. The van der Waals surface area contributed by atoms with Crippen molar-refractivity contribution in [2.45, 2.75) is 31.6 Å². The van der Waals surface area contributed by atoms with E-state index in [0.717, 1.165) is 18.4 Å². The summed E-state index contributed by atoms with van der Waals surface area (Å²) in [6.45, 7) is 4.16. The Morgan fingerprint density at radius 3 is 2.47 bits per heavy atom. The Hall–Kier alpha value is -1.60. The molecule has 1 rings (SSSR count). The molecule has 0 aliphatic rings. The van der Waals surface area contributed by atoms with Crippen LogP contribution in [0.2, 0.25) is 0 Å². The zero-order valence-corrected chi connectivity index (χ0v) is 11.8. The minimum atomic E-state index is -3.86. The topological polar surface area (TPSA) is 84.5 Å². The van der Waals surface area contributed by atoms with E-state index >= 15 is 0 Å². The molecule has 0 atom stereocenters. The average Bonchev–Trinajstić information content (AvgIpc) is 2.34. The first-order valence-corrected chi connectivity index (χ1v) is 7.45. The second-order valence-electron chi connectivity index (χ2n) is 4.05. The van der Waals surface area contributed by atoms with E-state index in [4.69, 9.17) is 4.84 Å². The Kier molecular flexibility index (Phi) is 5.78. The smallest absolute Gasteiger partial charge is 0.272 e. The third kappa shape index (κ3) is 5.27. The molecule has 2 amide bonds. The van der Waals surface area contributed by atoms with E-state index < -0.39 is 16.1 Å². The van der Waals surface area contributed by atoms with Gasteiger partial charge in [0.15, 0.2) is 0 Å². The fraction of sp³-hybridized carbons (Fsp3) is 0.417. The normalized spacial score (nSPS) is 11.1. The van der Waals surface area contributed by atoms with Crippen molar-refractivity contribution in [3.63, 3.8) is 0 Å². The molecule has 19 heavy (non-hydrogen) atoms. The van der Waals surface area contributed by atoms with Crippen LogP contribution in [0.15, 0.2) is 29.2 Å². The van der Waals surface area contributed by atoms with Gasteiger partial charge >= 0.3 is 6.03 Å². The molecule has 2 N–H and O–H groups in total. The Labute approximate surface area is 113 Å². The maximum absolute atomic E-state index is 11.8. The van der Waals surface area contributed by atoms with Crippen molar-refractivity contribution in [1.82, 2.24) is 10.2 Å². The lowest BCUT2D eigenvalue weighted by Gasteiger charge is -2.08. The van der Waals surface area contributed by atoms with Gasteiger partial charge in [0.25, 0.3) is 10.0 Å². The van der Waals surface area contributed by atoms with E-state index in [9.17, 15) is 13.2 Å². The molecule has 0 saturated carbocycles. The van der Waals surface area contributed by atoms with Gasteiger partial charge < -0.3 is 0 Å². The van der Waals surface area contributed by atoms with Crippen molar-refractivity contribution in [2.24, 2.45) is 0 Å². The summed E-state index contributed by atoms with van der Waals surface area (Å²) in [5.74, 6) is 0. The van der Waals surface area contributed by atoms with Crippen LogP contribution < -0.4 is 10.2 Å². The van der Waals surface area contributed by atoms with E-state index in [1.807, 2.05) is 24.0 Å². The number of sulfonamides is 1. The van der Waals surface area contributed by atoms with Crippen LogP contribution in [0, 0.1) is 6.92 Å². The summed E-state index contributed by atoms with van der Waals surface area (Å²) in [7, 11) is -3.86. The number of hydrogen-bond donors (Lipinski definition) is 2. The SMILES string of the molecule is CCCCONC(=O)NS(=O)(=O)c1ccc(C)cc1. The highest BCUT2D eigenvalue weighted by atomic mass is 32.2. The second-order valence-corrected chi connectivity index (χ2v) is 5.73. The van der Waals surface area contributed by atoms with Gasteiger partial charge in [0.2, 0.25) is 0 Å². The molecule has 6 nitrogen and oxygen atoms in total. The quantitative estimate of drug-likeness (QED) is 0.616. The van der Waals surface area contributed by atoms with Gasteiger partial charge in [-0.05, 0) is 25.5 Å². The van der Waals surface area contributed by atoms with Crippen molar-refractivity contribution < 1.29 is 18.0 Å². The Morgan fingerprint density at radius 1 is 1.26 bits per heavy atom. The van der Waals surface area contributed by atoms with E-state index in [2.05, 4.69) is 0 Å². The molecule has 0 saturated heterocycles. The maximum Gasteiger partial charge on any atom is 0.352 e. The number of nitrogens with one attached hydrogen (secondary N) is 2. The van der Waals surface area contributed by atoms with Gasteiger partial charge in [0.05, 0.1) is 11.5 Å². The molecule has 0 radical (unpaired) electrons.